The van der Waals surface area contributed by atoms with Crippen molar-refractivity contribution in [1.29, 1.82) is 0 Å². The van der Waals surface area contributed by atoms with Crippen LogP contribution in [0, 0.1) is 5.41 Å². The molecule has 1 rings (SSSR count). The van der Waals surface area contributed by atoms with Crippen molar-refractivity contribution in [3.8, 4) is 0 Å². The van der Waals surface area contributed by atoms with Gasteiger partial charge in [0.2, 0.25) is 0 Å². The summed E-state index contributed by atoms with van der Waals surface area (Å²) in [5.74, 6) is 0.666. The van der Waals surface area contributed by atoms with Gasteiger partial charge in [0, 0.05) is 6.54 Å². The summed E-state index contributed by atoms with van der Waals surface area (Å²) in [6, 6.07) is 0.452. The molecule has 1 unspecified atom stereocenters. The molecule has 2 N–H and O–H groups in total. The highest BCUT2D eigenvalue weighted by Crippen LogP contribution is 2.25. The van der Waals surface area contributed by atoms with Gasteiger partial charge in [-0.15, -0.1) is 6.58 Å². The molecule has 1 atom stereocenters. The molecule has 14 heavy (non-hydrogen) atoms. The van der Waals surface area contributed by atoms with E-state index in [0.717, 1.165) is 19.5 Å². The molecule has 1 aliphatic rings. The van der Waals surface area contributed by atoms with Crippen molar-refractivity contribution in [2.75, 3.05) is 13.1 Å². The Balaban J connectivity index is 2.59. The molecule has 3 heteroatoms. The zero-order chi connectivity index (χ0) is 10.8. The molecule has 3 nitrogen and oxygen atoms in total. The highest BCUT2D eigenvalue weighted by atomic mass is 15.3. The van der Waals surface area contributed by atoms with Gasteiger partial charge in [0.25, 0.3) is 0 Å². The first-order chi connectivity index (χ1) is 6.44. The molecule has 0 aromatic rings. The standard InChI is InChI=1S/C11H21N3/c1-5-6-14-9(7-11(2,3)4)8-13-10(14)12/h5,9H,1,6-8H2,2-4H3,(H2,12,13). The minimum Gasteiger partial charge on any atom is -0.370 e. The van der Waals surface area contributed by atoms with Crippen molar-refractivity contribution in [3.05, 3.63) is 12.7 Å². The quantitative estimate of drug-likeness (QED) is 0.695. The van der Waals surface area contributed by atoms with Gasteiger partial charge in [-0.3, -0.25) is 4.99 Å². The summed E-state index contributed by atoms with van der Waals surface area (Å²) >= 11 is 0. The molecule has 1 aliphatic heterocycles. The van der Waals surface area contributed by atoms with Gasteiger partial charge in [-0.25, -0.2) is 0 Å². The number of rotatable bonds is 3. The van der Waals surface area contributed by atoms with Gasteiger partial charge in [0.15, 0.2) is 5.96 Å². The predicted molar refractivity (Wildman–Crippen MR) is 61.3 cm³/mol. The van der Waals surface area contributed by atoms with Crippen LogP contribution in [0.25, 0.3) is 0 Å². The molecule has 0 radical (unpaired) electrons. The summed E-state index contributed by atoms with van der Waals surface area (Å²) in [7, 11) is 0. The van der Waals surface area contributed by atoms with Gasteiger partial charge >= 0.3 is 0 Å². The molecule has 0 bridgehead atoms. The fraction of sp³-hybridized carbons (Fsp3) is 0.727. The van der Waals surface area contributed by atoms with E-state index in [1.165, 1.54) is 0 Å². The topological polar surface area (TPSA) is 41.6 Å². The average Bonchev–Trinajstić information content (AvgIpc) is 2.33. The third-order valence-corrected chi connectivity index (χ3v) is 2.37. The monoisotopic (exact) mass is 195 g/mol. The number of guanidine groups is 1. The maximum absolute atomic E-state index is 5.80. The fourth-order valence-electron chi connectivity index (χ4n) is 1.84. The first-order valence-electron chi connectivity index (χ1n) is 5.11. The van der Waals surface area contributed by atoms with Crippen molar-refractivity contribution in [3.63, 3.8) is 0 Å². The van der Waals surface area contributed by atoms with Crippen LogP contribution in [0.15, 0.2) is 17.6 Å². The van der Waals surface area contributed by atoms with Crippen molar-refractivity contribution < 1.29 is 0 Å². The zero-order valence-electron chi connectivity index (χ0n) is 9.45. The second-order valence-corrected chi connectivity index (χ2v) is 5.06. The maximum Gasteiger partial charge on any atom is 0.191 e. The highest BCUT2D eigenvalue weighted by Gasteiger charge is 2.28. The normalized spacial score (nSPS) is 22.4. The number of aliphatic imine (C=N–C) groups is 1. The Morgan fingerprint density at radius 2 is 2.29 bits per heavy atom. The van der Waals surface area contributed by atoms with Crippen LogP contribution < -0.4 is 5.73 Å². The Labute approximate surface area is 86.7 Å². The van der Waals surface area contributed by atoms with E-state index in [2.05, 4.69) is 37.2 Å². The molecule has 0 aromatic heterocycles. The van der Waals surface area contributed by atoms with Gasteiger partial charge in [0.05, 0.1) is 12.6 Å². The summed E-state index contributed by atoms with van der Waals surface area (Å²) in [5, 5.41) is 0. The lowest BCUT2D eigenvalue weighted by Gasteiger charge is -2.30. The lowest BCUT2D eigenvalue weighted by atomic mass is 9.88. The largest absolute Gasteiger partial charge is 0.370 e. The smallest absolute Gasteiger partial charge is 0.191 e. The van der Waals surface area contributed by atoms with Gasteiger partial charge in [0.1, 0.15) is 0 Å². The first-order valence-corrected chi connectivity index (χ1v) is 5.11. The van der Waals surface area contributed by atoms with Crippen LogP contribution in [0.1, 0.15) is 27.2 Å². The van der Waals surface area contributed by atoms with Crippen LogP contribution in [-0.4, -0.2) is 30.0 Å². The maximum atomic E-state index is 5.80. The minimum absolute atomic E-state index is 0.324. The van der Waals surface area contributed by atoms with Crippen LogP contribution >= 0.6 is 0 Å². The average molecular weight is 195 g/mol. The molecule has 0 amide bonds. The zero-order valence-corrected chi connectivity index (χ0v) is 9.45. The third-order valence-electron chi connectivity index (χ3n) is 2.37. The molecule has 0 aliphatic carbocycles. The third kappa shape index (κ3) is 2.76. The van der Waals surface area contributed by atoms with E-state index in [-0.39, 0.29) is 0 Å². The molecular weight excluding hydrogens is 174 g/mol. The van der Waals surface area contributed by atoms with Crippen molar-refractivity contribution in [1.82, 2.24) is 4.90 Å². The van der Waals surface area contributed by atoms with E-state index in [1.54, 1.807) is 0 Å². The number of hydrogen-bond acceptors (Lipinski definition) is 3. The van der Waals surface area contributed by atoms with Gasteiger partial charge in [-0.05, 0) is 11.8 Å². The Kier molecular flexibility index (Phi) is 3.19. The van der Waals surface area contributed by atoms with Crippen LogP contribution in [0.3, 0.4) is 0 Å². The van der Waals surface area contributed by atoms with Crippen LogP contribution in [0.5, 0.6) is 0 Å². The number of nitrogens with zero attached hydrogens (tertiary/aromatic N) is 2. The Hall–Kier alpha value is -0.990. The predicted octanol–water partition coefficient (Wildman–Crippen LogP) is 1.61. The van der Waals surface area contributed by atoms with Crippen molar-refractivity contribution >= 4 is 5.96 Å². The van der Waals surface area contributed by atoms with E-state index < -0.39 is 0 Å². The summed E-state index contributed by atoms with van der Waals surface area (Å²) < 4.78 is 0. The van der Waals surface area contributed by atoms with Crippen LogP contribution in [0.4, 0.5) is 0 Å². The van der Waals surface area contributed by atoms with Crippen molar-refractivity contribution in [2.24, 2.45) is 16.1 Å². The summed E-state index contributed by atoms with van der Waals surface area (Å²) in [4.78, 5) is 6.41. The summed E-state index contributed by atoms with van der Waals surface area (Å²) in [5.41, 5.74) is 6.13. The lowest BCUT2D eigenvalue weighted by Crippen LogP contribution is -2.42. The van der Waals surface area contributed by atoms with E-state index in [0.29, 0.717) is 17.4 Å². The van der Waals surface area contributed by atoms with Crippen LogP contribution in [0.2, 0.25) is 0 Å². The van der Waals surface area contributed by atoms with E-state index in [9.17, 15) is 0 Å². The Bertz CT molecular complexity index is 237. The molecule has 80 valence electrons. The molecule has 0 fully saturated rings. The Morgan fingerprint density at radius 1 is 1.64 bits per heavy atom. The second kappa shape index (κ2) is 4.03. The van der Waals surface area contributed by atoms with Crippen molar-refractivity contribution in [2.45, 2.75) is 33.2 Å². The molecule has 0 aromatic carbocycles. The molecular formula is C11H21N3. The van der Waals surface area contributed by atoms with E-state index in [1.807, 2.05) is 6.08 Å². The van der Waals surface area contributed by atoms with E-state index in [4.69, 9.17) is 5.73 Å². The minimum atomic E-state index is 0.324. The van der Waals surface area contributed by atoms with E-state index >= 15 is 0 Å². The van der Waals surface area contributed by atoms with Gasteiger partial charge < -0.3 is 10.6 Å². The number of hydrogen-bond donors (Lipinski definition) is 1. The summed E-state index contributed by atoms with van der Waals surface area (Å²) in [6.07, 6.45) is 2.99. The second-order valence-electron chi connectivity index (χ2n) is 5.06. The number of nitrogens with two attached hydrogens (primary N) is 1. The SMILES string of the molecule is C=CCN1C(N)=NCC1CC(C)(C)C. The molecule has 0 saturated carbocycles. The Morgan fingerprint density at radius 3 is 2.79 bits per heavy atom. The molecule has 0 spiro atoms. The van der Waals surface area contributed by atoms with Gasteiger partial charge in [-0.2, -0.15) is 0 Å². The molecule has 0 saturated heterocycles. The van der Waals surface area contributed by atoms with Crippen LogP contribution in [-0.2, 0) is 0 Å². The lowest BCUT2D eigenvalue weighted by molar-refractivity contribution is 0.253. The first kappa shape index (κ1) is 11.1. The van der Waals surface area contributed by atoms with Gasteiger partial charge in [-0.1, -0.05) is 26.8 Å². The highest BCUT2D eigenvalue weighted by molar-refractivity contribution is 5.80. The fourth-order valence-corrected chi connectivity index (χ4v) is 1.84. The molecule has 1 heterocycles. The summed E-state index contributed by atoms with van der Waals surface area (Å²) in [6.45, 7) is 12.1.